The van der Waals surface area contributed by atoms with Crippen molar-refractivity contribution in [2.24, 2.45) is 5.73 Å². The molecule has 0 fully saturated rings. The molecule has 0 aliphatic rings. The minimum Gasteiger partial charge on any atom is -0.480 e. The van der Waals surface area contributed by atoms with Crippen molar-refractivity contribution < 1.29 is 52.7 Å². The molecule has 0 aromatic heterocycles. The highest BCUT2D eigenvalue weighted by Gasteiger charge is 2.37. The number of carboxylic acids is 1. The monoisotopic (exact) mass is 513 g/mol. The Hall–Kier alpha value is -3.54. The Labute approximate surface area is 209 Å². The summed E-state index contributed by atoms with van der Waals surface area (Å²) in [6, 6.07) is 4.04. The summed E-state index contributed by atoms with van der Waals surface area (Å²) >= 11 is 0. The molecule has 0 amide bonds. The molecule has 1 aromatic carbocycles. The van der Waals surface area contributed by atoms with E-state index in [0.717, 1.165) is 0 Å². The number of benzene rings is 1. The molecule has 2 atom stereocenters. The van der Waals surface area contributed by atoms with E-state index in [9.17, 15) is 24.3 Å². The molecule has 0 saturated carbocycles. The van der Waals surface area contributed by atoms with Crippen molar-refractivity contribution in [3.8, 4) is 11.5 Å². The van der Waals surface area contributed by atoms with E-state index < -0.39 is 54.4 Å². The fourth-order valence-electron chi connectivity index (χ4n) is 2.98. The van der Waals surface area contributed by atoms with Gasteiger partial charge in [-0.2, -0.15) is 0 Å². The lowest BCUT2D eigenvalue weighted by atomic mass is 9.86. The van der Waals surface area contributed by atoms with Crippen LogP contribution in [0, 0.1) is 0 Å². The summed E-state index contributed by atoms with van der Waals surface area (Å²) < 4.78 is 30.2. The van der Waals surface area contributed by atoms with Gasteiger partial charge in [-0.05, 0) is 66.2 Å². The largest absolute Gasteiger partial charge is 0.514 e. The fourth-order valence-corrected chi connectivity index (χ4v) is 2.98. The quantitative estimate of drug-likeness (QED) is 0.246. The van der Waals surface area contributed by atoms with Crippen LogP contribution in [0.2, 0.25) is 0 Å². The van der Waals surface area contributed by atoms with E-state index in [2.05, 4.69) is 0 Å². The smallest absolute Gasteiger partial charge is 0.480 e. The van der Waals surface area contributed by atoms with Crippen molar-refractivity contribution >= 4 is 24.4 Å². The summed E-state index contributed by atoms with van der Waals surface area (Å²) in [5, 5.41) is 9.81. The lowest BCUT2D eigenvalue weighted by molar-refractivity contribution is -0.144. The highest BCUT2D eigenvalue weighted by molar-refractivity contribution is 5.79. The molecule has 1 aromatic rings. The Morgan fingerprint density at radius 2 is 1.25 bits per heavy atom. The van der Waals surface area contributed by atoms with Crippen LogP contribution in [0.5, 0.6) is 11.5 Å². The molecule has 3 N–H and O–H groups in total. The molecule has 0 aliphatic heterocycles. The number of carbonyl (C=O) groups is 4. The topological polar surface area (TPSA) is 170 Å². The van der Waals surface area contributed by atoms with Crippen molar-refractivity contribution in [1.29, 1.82) is 0 Å². The van der Waals surface area contributed by atoms with Crippen molar-refractivity contribution in [2.75, 3.05) is 0 Å². The number of carboxylic acid groups (broad SMARTS) is 1. The van der Waals surface area contributed by atoms with E-state index in [1.807, 2.05) is 0 Å². The first-order valence-electron chi connectivity index (χ1n) is 11.4. The molecule has 0 saturated heterocycles. The van der Waals surface area contributed by atoms with Crippen LogP contribution in [0.4, 0.5) is 14.4 Å². The van der Waals surface area contributed by atoms with Gasteiger partial charge in [0, 0.05) is 12.8 Å². The van der Waals surface area contributed by atoms with Gasteiger partial charge in [0.25, 0.3) is 0 Å². The maximum Gasteiger partial charge on any atom is 0.514 e. The number of hydrogen-bond acceptors (Lipinski definition) is 11. The number of ether oxygens (including phenoxy) is 6. The third-order valence-electron chi connectivity index (χ3n) is 4.29. The maximum absolute atomic E-state index is 12.1. The van der Waals surface area contributed by atoms with Gasteiger partial charge in [0.2, 0.25) is 0 Å². The summed E-state index contributed by atoms with van der Waals surface area (Å²) in [5.41, 5.74) is 4.63. The Morgan fingerprint density at radius 3 is 1.72 bits per heavy atom. The summed E-state index contributed by atoms with van der Waals surface area (Å²) in [7, 11) is 0. The van der Waals surface area contributed by atoms with E-state index in [1.54, 1.807) is 41.5 Å². The average Bonchev–Trinajstić information content (AvgIpc) is 2.67. The molecule has 1 rings (SSSR count). The summed E-state index contributed by atoms with van der Waals surface area (Å²) in [4.78, 5) is 47.8. The van der Waals surface area contributed by atoms with Gasteiger partial charge in [0.15, 0.2) is 11.5 Å². The minimum atomic E-state index is -1.87. The molecule has 202 valence electrons. The van der Waals surface area contributed by atoms with Crippen LogP contribution in [-0.2, 0) is 30.2 Å². The molecule has 12 heteroatoms. The maximum atomic E-state index is 12.1. The molecule has 0 spiro atoms. The first-order valence-corrected chi connectivity index (χ1v) is 11.4. The normalized spacial score (nSPS) is 13.5. The van der Waals surface area contributed by atoms with Gasteiger partial charge < -0.3 is 39.3 Å². The third kappa shape index (κ3) is 10.8. The second-order valence-corrected chi connectivity index (χ2v) is 9.01. The molecule has 0 heterocycles. The van der Waals surface area contributed by atoms with Gasteiger partial charge in [-0.3, -0.25) is 4.79 Å². The van der Waals surface area contributed by atoms with Gasteiger partial charge in [0.1, 0.15) is 11.6 Å². The molecule has 36 heavy (non-hydrogen) atoms. The molecule has 1 unspecified atom stereocenters. The van der Waals surface area contributed by atoms with Crippen LogP contribution < -0.4 is 15.2 Å². The lowest BCUT2D eigenvalue weighted by Gasteiger charge is -2.28. The van der Waals surface area contributed by atoms with E-state index >= 15 is 0 Å². The average molecular weight is 514 g/mol. The Kier molecular flexibility index (Phi) is 11.5. The summed E-state index contributed by atoms with van der Waals surface area (Å²) in [5.74, 6) is -1.72. The second kappa shape index (κ2) is 13.5. The van der Waals surface area contributed by atoms with Crippen molar-refractivity contribution in [3.05, 3.63) is 23.8 Å². The van der Waals surface area contributed by atoms with Gasteiger partial charge >= 0.3 is 24.4 Å². The zero-order valence-electron chi connectivity index (χ0n) is 21.6. The summed E-state index contributed by atoms with van der Waals surface area (Å²) in [6.07, 6.45) is -5.77. The van der Waals surface area contributed by atoms with Gasteiger partial charge in [-0.15, -0.1) is 0 Å². The zero-order chi connectivity index (χ0) is 27.6. The molecule has 0 radical (unpaired) electrons. The first-order chi connectivity index (χ1) is 16.6. The van der Waals surface area contributed by atoms with E-state index in [1.165, 1.54) is 25.1 Å². The van der Waals surface area contributed by atoms with E-state index in [0.29, 0.717) is 5.56 Å². The van der Waals surface area contributed by atoms with Crippen LogP contribution in [0.3, 0.4) is 0 Å². The second-order valence-electron chi connectivity index (χ2n) is 9.01. The molecule has 0 aliphatic carbocycles. The molecule has 12 nitrogen and oxygen atoms in total. The minimum absolute atomic E-state index is 0.156. The van der Waals surface area contributed by atoms with Crippen molar-refractivity contribution in [1.82, 2.24) is 0 Å². The molecular formula is C24H35NO11. The predicted octanol–water partition coefficient (Wildman–Crippen LogP) is 4.20. The van der Waals surface area contributed by atoms with Crippen LogP contribution >= 0.6 is 0 Å². The number of aliphatic carboxylic acids is 1. The van der Waals surface area contributed by atoms with Crippen LogP contribution in [0.15, 0.2) is 18.2 Å². The Balaban J connectivity index is 3.17. The van der Waals surface area contributed by atoms with Crippen molar-refractivity contribution in [2.45, 2.75) is 91.3 Å². The molecule has 0 bridgehead atoms. The number of hydrogen-bond donors (Lipinski definition) is 2. The van der Waals surface area contributed by atoms with Gasteiger partial charge in [-0.25, -0.2) is 14.4 Å². The van der Waals surface area contributed by atoms with E-state index in [-0.39, 0.29) is 24.3 Å². The standard InChI is InChI=1S/C24H35NO11/c1-13(2)31-21(28)34-16(7)11-24(25,20(26)27)12-17-8-9-18(35-22(29)32-14(3)4)19(10-17)36-23(30)33-15(5)6/h8-10,13-16H,11-12,25H2,1-7H3,(H,26,27)/t16-,24?/m0/s1. The highest BCUT2D eigenvalue weighted by Crippen LogP contribution is 2.31. The summed E-state index contributed by atoms with van der Waals surface area (Å²) in [6.45, 7) is 11.3. The highest BCUT2D eigenvalue weighted by atomic mass is 16.8. The Bertz CT molecular complexity index is 929. The number of nitrogens with two attached hydrogens (primary N) is 1. The number of carbonyl (C=O) groups excluding carboxylic acids is 3. The third-order valence-corrected chi connectivity index (χ3v) is 4.29. The number of rotatable bonds is 11. The lowest BCUT2D eigenvalue weighted by Crippen LogP contribution is -2.52. The van der Waals surface area contributed by atoms with Crippen LogP contribution in [-0.4, -0.2) is 59.5 Å². The van der Waals surface area contributed by atoms with Crippen molar-refractivity contribution in [3.63, 3.8) is 0 Å². The van der Waals surface area contributed by atoms with Crippen LogP contribution in [0.25, 0.3) is 0 Å². The Morgan fingerprint density at radius 1 is 0.778 bits per heavy atom. The zero-order valence-corrected chi connectivity index (χ0v) is 21.6. The SMILES string of the molecule is CC(C)OC(=O)Oc1ccc(CC(N)(C[C@H](C)OC(=O)OC(C)C)C(=O)O)cc1OC(=O)OC(C)C. The van der Waals surface area contributed by atoms with E-state index in [4.69, 9.17) is 34.2 Å². The predicted molar refractivity (Wildman–Crippen MR) is 126 cm³/mol. The molecular weight excluding hydrogens is 478 g/mol. The first kappa shape index (κ1) is 30.5. The van der Waals surface area contributed by atoms with Gasteiger partial charge in [-0.1, -0.05) is 6.07 Å². The van der Waals surface area contributed by atoms with Crippen LogP contribution in [0.1, 0.15) is 60.5 Å². The fraction of sp³-hybridized carbons (Fsp3) is 0.583. The van der Waals surface area contributed by atoms with Gasteiger partial charge in [0.05, 0.1) is 18.3 Å².